The first kappa shape index (κ1) is 31.8. The minimum Gasteiger partial charge on any atom is -0.447 e. The number of hydrogen-bond acceptors (Lipinski definition) is 6. The summed E-state index contributed by atoms with van der Waals surface area (Å²) in [6.07, 6.45) is -3.18. The first-order valence-electron chi connectivity index (χ1n) is 11.8. The zero-order valence-electron chi connectivity index (χ0n) is 21.9. The average Bonchev–Trinajstić information content (AvgIpc) is 3.41. The number of hydrogen-bond donors (Lipinski definition) is 2. The SMILES string of the molecule is CN=C(N)N(C(=O)c1ccc(Br)cc1)[C@H](COC(=O)NC(C)(C)C(F)F)c1ccc(Cl)c(-c2ncnn2C(F)F)c1. The predicted octanol–water partition coefficient (Wildman–Crippen LogP) is 5.65. The highest BCUT2D eigenvalue weighted by Crippen LogP contribution is 2.33. The van der Waals surface area contributed by atoms with E-state index in [-0.39, 0.29) is 33.5 Å². The zero-order valence-corrected chi connectivity index (χ0v) is 24.2. The van der Waals surface area contributed by atoms with Crippen LogP contribution in [-0.2, 0) is 4.74 Å². The molecule has 3 rings (SSSR count). The van der Waals surface area contributed by atoms with Gasteiger partial charge in [-0.05, 0) is 55.8 Å². The molecule has 0 aliphatic heterocycles. The van der Waals surface area contributed by atoms with Crippen LogP contribution in [0.5, 0.6) is 0 Å². The lowest BCUT2D eigenvalue weighted by molar-refractivity contribution is 0.0404. The smallest absolute Gasteiger partial charge is 0.407 e. The third kappa shape index (κ3) is 7.52. The van der Waals surface area contributed by atoms with Crippen LogP contribution in [0.25, 0.3) is 11.4 Å². The fourth-order valence-electron chi connectivity index (χ4n) is 3.58. The first-order valence-corrected chi connectivity index (χ1v) is 13.0. The third-order valence-corrected chi connectivity index (χ3v) is 6.67. The van der Waals surface area contributed by atoms with Gasteiger partial charge < -0.3 is 15.8 Å². The molecule has 0 saturated heterocycles. The number of carbonyl (C=O) groups excluding carboxylic acids is 2. The van der Waals surface area contributed by atoms with Gasteiger partial charge in [0.2, 0.25) is 0 Å². The number of nitrogens with two attached hydrogens (primary N) is 1. The van der Waals surface area contributed by atoms with Crippen molar-refractivity contribution in [1.82, 2.24) is 25.0 Å². The third-order valence-electron chi connectivity index (χ3n) is 5.81. The number of rotatable bonds is 9. The quantitative estimate of drug-likeness (QED) is 0.173. The summed E-state index contributed by atoms with van der Waals surface area (Å²) >= 11 is 9.61. The summed E-state index contributed by atoms with van der Waals surface area (Å²) in [6, 6.07) is 9.20. The van der Waals surface area contributed by atoms with Gasteiger partial charge in [0.15, 0.2) is 11.8 Å². The van der Waals surface area contributed by atoms with Crippen LogP contribution in [0.1, 0.15) is 42.4 Å². The number of aliphatic imine (C=N–C) groups is 1. The molecule has 0 radical (unpaired) electrons. The Morgan fingerprint density at radius 1 is 1.20 bits per heavy atom. The highest BCUT2D eigenvalue weighted by Gasteiger charge is 2.34. The Bertz CT molecular complexity index is 1420. The number of nitrogens with zero attached hydrogens (tertiary/aromatic N) is 5. The highest BCUT2D eigenvalue weighted by molar-refractivity contribution is 9.10. The molecule has 2 amide bonds. The first-order chi connectivity index (χ1) is 19.3. The number of alkyl halides is 4. The summed E-state index contributed by atoms with van der Waals surface area (Å²) in [5.41, 5.74) is 4.64. The van der Waals surface area contributed by atoms with Crippen molar-refractivity contribution in [2.24, 2.45) is 10.7 Å². The minimum absolute atomic E-state index is 0.0262. The van der Waals surface area contributed by atoms with E-state index >= 15 is 0 Å². The number of alkyl carbamates (subject to hydrolysis) is 1. The molecule has 3 aromatic rings. The lowest BCUT2D eigenvalue weighted by Crippen LogP contribution is -2.50. The molecule has 0 fully saturated rings. The monoisotopic (exact) mass is 661 g/mol. The summed E-state index contributed by atoms with van der Waals surface area (Å²) in [6.45, 7) is -1.43. The van der Waals surface area contributed by atoms with E-state index in [0.29, 0.717) is 9.15 Å². The molecule has 1 atom stereocenters. The number of carbonyl (C=O) groups is 2. The number of ether oxygens (including phenoxy) is 1. The molecular weight excluding hydrogens is 638 g/mol. The minimum atomic E-state index is -3.04. The van der Waals surface area contributed by atoms with Crippen molar-refractivity contribution in [3.05, 3.63) is 69.4 Å². The van der Waals surface area contributed by atoms with Crippen molar-refractivity contribution < 1.29 is 31.9 Å². The number of halogens is 6. The van der Waals surface area contributed by atoms with E-state index in [1.807, 2.05) is 0 Å². The second kappa shape index (κ2) is 13.3. The van der Waals surface area contributed by atoms with Crippen LogP contribution in [-0.4, -0.2) is 63.2 Å². The molecule has 0 aliphatic carbocycles. The predicted molar refractivity (Wildman–Crippen MR) is 147 cm³/mol. The van der Waals surface area contributed by atoms with Gasteiger partial charge in [0.1, 0.15) is 12.9 Å². The van der Waals surface area contributed by atoms with E-state index in [1.165, 1.54) is 37.4 Å². The van der Waals surface area contributed by atoms with E-state index in [9.17, 15) is 27.2 Å². The number of benzene rings is 2. The average molecular weight is 663 g/mol. The molecule has 16 heteroatoms. The van der Waals surface area contributed by atoms with Crippen molar-refractivity contribution in [1.29, 1.82) is 0 Å². The molecular formula is C25H25BrClF4N7O3. The summed E-state index contributed by atoms with van der Waals surface area (Å²) in [5.74, 6) is -1.22. The van der Waals surface area contributed by atoms with Crippen LogP contribution in [0.4, 0.5) is 22.4 Å². The van der Waals surface area contributed by atoms with Gasteiger partial charge in [0.05, 0.1) is 16.6 Å². The summed E-state index contributed by atoms with van der Waals surface area (Å²) in [7, 11) is 1.32. The normalized spacial score (nSPS) is 12.9. The van der Waals surface area contributed by atoms with Crippen LogP contribution >= 0.6 is 27.5 Å². The van der Waals surface area contributed by atoms with Gasteiger partial charge in [-0.15, -0.1) is 0 Å². The molecule has 3 N–H and O–H groups in total. The Labute approximate surface area is 245 Å². The second-order valence-corrected chi connectivity index (χ2v) is 10.4. The van der Waals surface area contributed by atoms with E-state index in [1.54, 1.807) is 12.1 Å². The van der Waals surface area contributed by atoms with Gasteiger partial charge in [0.25, 0.3) is 12.3 Å². The van der Waals surface area contributed by atoms with Crippen molar-refractivity contribution in [2.75, 3.05) is 13.7 Å². The lowest BCUT2D eigenvalue weighted by atomic mass is 10.0. The molecule has 2 aromatic carbocycles. The maximum atomic E-state index is 13.7. The number of nitrogens with one attached hydrogen (secondary N) is 1. The number of amides is 2. The summed E-state index contributed by atoms with van der Waals surface area (Å²) in [5, 5.41) is 5.62. The molecule has 0 unspecified atom stereocenters. The molecule has 0 aliphatic rings. The molecule has 41 heavy (non-hydrogen) atoms. The molecule has 1 aromatic heterocycles. The van der Waals surface area contributed by atoms with Gasteiger partial charge in [-0.2, -0.15) is 18.6 Å². The molecule has 0 bridgehead atoms. The number of aromatic nitrogens is 3. The second-order valence-electron chi connectivity index (χ2n) is 9.07. The Morgan fingerprint density at radius 2 is 1.85 bits per heavy atom. The van der Waals surface area contributed by atoms with Gasteiger partial charge in [-0.1, -0.05) is 33.6 Å². The van der Waals surface area contributed by atoms with E-state index < -0.39 is 43.2 Å². The lowest BCUT2D eigenvalue weighted by Gasteiger charge is -2.32. The van der Waals surface area contributed by atoms with Crippen LogP contribution in [0.2, 0.25) is 5.02 Å². The van der Waals surface area contributed by atoms with Crippen LogP contribution in [0.15, 0.2) is 58.3 Å². The maximum absolute atomic E-state index is 13.7. The Hall–Kier alpha value is -3.72. The van der Waals surface area contributed by atoms with Gasteiger partial charge in [-0.3, -0.25) is 14.7 Å². The molecule has 1 heterocycles. The standard InChI is InChI=1S/C25H25BrClF4N7O3/c1-25(2,21(28)29)36-24(40)41-11-18(37(23(32)33-3)20(39)13-4-7-15(26)8-5-13)14-6-9-17(27)16(10-14)19-34-12-35-38(19)22(30)31/h4-10,12,18,21-22H,11H2,1-3H3,(H2,32,33)(H,36,40)/t18-/m1/s1. The summed E-state index contributed by atoms with van der Waals surface area (Å²) in [4.78, 5) is 35.0. The van der Waals surface area contributed by atoms with Crippen LogP contribution in [0.3, 0.4) is 0 Å². The topological polar surface area (TPSA) is 128 Å². The van der Waals surface area contributed by atoms with E-state index in [0.717, 1.165) is 25.1 Å². The van der Waals surface area contributed by atoms with E-state index in [4.69, 9.17) is 22.1 Å². The largest absolute Gasteiger partial charge is 0.447 e. The van der Waals surface area contributed by atoms with E-state index in [2.05, 4.69) is 36.3 Å². The highest BCUT2D eigenvalue weighted by atomic mass is 79.9. The van der Waals surface area contributed by atoms with Crippen molar-refractivity contribution in [3.8, 4) is 11.4 Å². The van der Waals surface area contributed by atoms with Gasteiger partial charge in [0, 0.05) is 22.6 Å². The van der Waals surface area contributed by atoms with Gasteiger partial charge in [-0.25, -0.2) is 18.6 Å². The maximum Gasteiger partial charge on any atom is 0.407 e. The molecule has 10 nitrogen and oxygen atoms in total. The van der Waals surface area contributed by atoms with Crippen molar-refractivity contribution >= 4 is 45.5 Å². The molecule has 220 valence electrons. The van der Waals surface area contributed by atoms with Crippen LogP contribution in [0, 0.1) is 0 Å². The Morgan fingerprint density at radius 3 is 2.44 bits per heavy atom. The van der Waals surface area contributed by atoms with Crippen molar-refractivity contribution in [2.45, 2.75) is 38.4 Å². The fraction of sp³-hybridized carbons (Fsp3) is 0.320. The fourth-order valence-corrected chi connectivity index (χ4v) is 4.05. The van der Waals surface area contributed by atoms with Crippen molar-refractivity contribution in [3.63, 3.8) is 0 Å². The molecule has 0 spiro atoms. The Balaban J connectivity index is 2.11. The van der Waals surface area contributed by atoms with Gasteiger partial charge >= 0.3 is 12.6 Å². The number of guanidine groups is 1. The molecule has 0 saturated carbocycles. The zero-order chi connectivity index (χ0) is 30.5. The Kier molecular flexibility index (Phi) is 10.3. The summed E-state index contributed by atoms with van der Waals surface area (Å²) < 4.78 is 60.0. The van der Waals surface area contributed by atoms with Crippen LogP contribution < -0.4 is 11.1 Å².